The van der Waals surface area contributed by atoms with Crippen LogP contribution in [0.3, 0.4) is 0 Å². The SMILES string of the molecule is COc1ccc(Br)cc1/C=C1\CCc2c(C)cc(C)cc2C1=O. The van der Waals surface area contributed by atoms with E-state index >= 15 is 0 Å². The molecule has 0 saturated heterocycles. The third-order valence-corrected chi connectivity index (χ3v) is 4.81. The molecule has 0 saturated carbocycles. The number of carbonyl (C=O) groups excluding carboxylic acids is 1. The molecule has 3 heteroatoms. The second-order valence-corrected chi connectivity index (χ2v) is 6.91. The average molecular weight is 371 g/mol. The Hall–Kier alpha value is -1.87. The van der Waals surface area contributed by atoms with Crippen molar-refractivity contribution in [2.45, 2.75) is 26.7 Å². The number of ketones is 1. The number of methoxy groups -OCH3 is 1. The summed E-state index contributed by atoms with van der Waals surface area (Å²) in [4.78, 5) is 12.9. The Labute approximate surface area is 145 Å². The van der Waals surface area contributed by atoms with E-state index in [4.69, 9.17) is 4.74 Å². The Balaban J connectivity index is 2.06. The van der Waals surface area contributed by atoms with Crippen molar-refractivity contribution in [3.63, 3.8) is 0 Å². The second-order valence-electron chi connectivity index (χ2n) is 5.99. The minimum atomic E-state index is 0.139. The lowest BCUT2D eigenvalue weighted by Crippen LogP contribution is -2.15. The first-order valence-electron chi connectivity index (χ1n) is 7.68. The molecule has 3 rings (SSSR count). The molecule has 0 atom stereocenters. The molecule has 1 aliphatic carbocycles. The molecule has 0 bridgehead atoms. The van der Waals surface area contributed by atoms with Crippen LogP contribution in [-0.4, -0.2) is 12.9 Å². The third-order valence-electron chi connectivity index (χ3n) is 4.32. The van der Waals surface area contributed by atoms with E-state index in [0.29, 0.717) is 0 Å². The number of ether oxygens (including phenoxy) is 1. The summed E-state index contributed by atoms with van der Waals surface area (Å²) in [5.41, 5.74) is 6.17. The van der Waals surface area contributed by atoms with Gasteiger partial charge in [0, 0.05) is 21.2 Å². The standard InChI is InChI=1S/C20H19BrO2/c1-12-8-13(2)17-6-4-14(20(22)18(17)9-12)10-15-11-16(21)5-7-19(15)23-3/h5,7-11H,4,6H2,1-3H3/b14-10+. The summed E-state index contributed by atoms with van der Waals surface area (Å²) in [6, 6.07) is 9.99. The number of allylic oxidation sites excluding steroid dienone is 1. The van der Waals surface area contributed by atoms with E-state index in [1.165, 1.54) is 11.1 Å². The van der Waals surface area contributed by atoms with Crippen LogP contribution in [0.1, 0.15) is 39.0 Å². The molecule has 118 valence electrons. The monoisotopic (exact) mass is 370 g/mol. The largest absolute Gasteiger partial charge is 0.496 e. The fourth-order valence-electron chi connectivity index (χ4n) is 3.22. The number of rotatable bonds is 2. The summed E-state index contributed by atoms with van der Waals surface area (Å²) in [6.07, 6.45) is 3.65. The zero-order valence-electron chi connectivity index (χ0n) is 13.6. The van der Waals surface area contributed by atoms with Gasteiger partial charge in [-0.05, 0) is 68.2 Å². The van der Waals surface area contributed by atoms with Gasteiger partial charge < -0.3 is 4.74 Å². The fraction of sp³-hybridized carbons (Fsp3) is 0.250. The summed E-state index contributed by atoms with van der Waals surface area (Å²) in [5, 5.41) is 0. The highest BCUT2D eigenvalue weighted by Gasteiger charge is 2.23. The van der Waals surface area contributed by atoms with Crippen molar-refractivity contribution < 1.29 is 9.53 Å². The van der Waals surface area contributed by atoms with Gasteiger partial charge in [-0.15, -0.1) is 0 Å². The lowest BCUT2D eigenvalue weighted by molar-refractivity contribution is 0.102. The van der Waals surface area contributed by atoms with Gasteiger partial charge in [0.25, 0.3) is 0 Å². The maximum Gasteiger partial charge on any atom is 0.189 e. The van der Waals surface area contributed by atoms with Gasteiger partial charge >= 0.3 is 0 Å². The van der Waals surface area contributed by atoms with Crippen LogP contribution in [-0.2, 0) is 6.42 Å². The van der Waals surface area contributed by atoms with E-state index in [-0.39, 0.29) is 5.78 Å². The number of hydrogen-bond acceptors (Lipinski definition) is 2. The number of carbonyl (C=O) groups is 1. The summed E-state index contributed by atoms with van der Waals surface area (Å²) in [5.74, 6) is 0.916. The molecule has 0 unspecified atom stereocenters. The van der Waals surface area contributed by atoms with Crippen molar-refractivity contribution in [1.29, 1.82) is 0 Å². The minimum absolute atomic E-state index is 0.139. The maximum absolute atomic E-state index is 12.9. The van der Waals surface area contributed by atoms with Crippen molar-refractivity contribution in [2.75, 3.05) is 7.11 Å². The molecule has 1 aliphatic rings. The number of benzene rings is 2. The zero-order chi connectivity index (χ0) is 16.6. The van der Waals surface area contributed by atoms with Gasteiger partial charge in [-0.25, -0.2) is 0 Å². The predicted octanol–water partition coefficient (Wildman–Crippen LogP) is 5.29. The van der Waals surface area contributed by atoms with E-state index in [0.717, 1.165) is 45.3 Å². The van der Waals surface area contributed by atoms with Crippen molar-refractivity contribution in [1.82, 2.24) is 0 Å². The van der Waals surface area contributed by atoms with E-state index < -0.39 is 0 Å². The van der Waals surface area contributed by atoms with E-state index in [1.54, 1.807) is 7.11 Å². The van der Waals surface area contributed by atoms with Crippen molar-refractivity contribution in [3.8, 4) is 5.75 Å². The molecule has 0 aromatic heterocycles. The smallest absolute Gasteiger partial charge is 0.189 e. The topological polar surface area (TPSA) is 26.3 Å². The number of Topliss-reactive ketones (excluding diaryl/α,β-unsaturated/α-hetero) is 1. The number of hydrogen-bond donors (Lipinski definition) is 0. The highest BCUT2D eigenvalue weighted by molar-refractivity contribution is 9.10. The van der Waals surface area contributed by atoms with Crippen LogP contribution in [0.5, 0.6) is 5.75 Å². The Morgan fingerprint density at radius 1 is 1.13 bits per heavy atom. The zero-order valence-corrected chi connectivity index (χ0v) is 15.2. The average Bonchev–Trinajstić information content (AvgIpc) is 2.51. The summed E-state index contributed by atoms with van der Waals surface area (Å²) in [6.45, 7) is 4.13. The van der Waals surface area contributed by atoms with Gasteiger partial charge in [0.15, 0.2) is 5.78 Å². The molecule has 0 heterocycles. The molecule has 0 spiro atoms. The Morgan fingerprint density at radius 2 is 1.91 bits per heavy atom. The Bertz CT molecular complexity index is 819. The summed E-state index contributed by atoms with van der Waals surface area (Å²) in [7, 11) is 1.65. The first kappa shape index (κ1) is 16.0. The number of halogens is 1. The van der Waals surface area contributed by atoms with Crippen molar-refractivity contribution in [3.05, 3.63) is 68.2 Å². The highest BCUT2D eigenvalue weighted by Crippen LogP contribution is 2.32. The van der Waals surface area contributed by atoms with Crippen LogP contribution in [0.15, 0.2) is 40.4 Å². The molecule has 0 aliphatic heterocycles. The van der Waals surface area contributed by atoms with Crippen molar-refractivity contribution >= 4 is 27.8 Å². The molecular weight excluding hydrogens is 352 g/mol. The normalized spacial score (nSPS) is 15.7. The van der Waals surface area contributed by atoms with Crippen molar-refractivity contribution in [2.24, 2.45) is 0 Å². The minimum Gasteiger partial charge on any atom is -0.496 e. The van der Waals surface area contributed by atoms with Gasteiger partial charge in [0.05, 0.1) is 7.11 Å². The van der Waals surface area contributed by atoms with Crippen LogP contribution in [0.2, 0.25) is 0 Å². The molecule has 0 N–H and O–H groups in total. The number of fused-ring (bicyclic) bond motifs is 1. The molecule has 0 fully saturated rings. The quantitative estimate of drug-likeness (QED) is 0.671. The molecule has 2 aromatic carbocycles. The van der Waals surface area contributed by atoms with E-state index in [1.807, 2.05) is 37.3 Å². The molecule has 23 heavy (non-hydrogen) atoms. The Kier molecular flexibility index (Phi) is 4.40. The van der Waals surface area contributed by atoms with Gasteiger partial charge in [0.2, 0.25) is 0 Å². The second kappa shape index (κ2) is 6.32. The Morgan fingerprint density at radius 3 is 2.65 bits per heavy atom. The molecular formula is C20H19BrO2. The lowest BCUT2D eigenvalue weighted by Gasteiger charge is -2.20. The van der Waals surface area contributed by atoms with Crippen LogP contribution >= 0.6 is 15.9 Å². The van der Waals surface area contributed by atoms with Crippen LogP contribution in [0, 0.1) is 13.8 Å². The van der Waals surface area contributed by atoms with Crippen LogP contribution in [0.25, 0.3) is 6.08 Å². The van der Waals surface area contributed by atoms with E-state index in [9.17, 15) is 4.79 Å². The van der Waals surface area contributed by atoms with Gasteiger partial charge in [-0.3, -0.25) is 4.79 Å². The highest BCUT2D eigenvalue weighted by atomic mass is 79.9. The van der Waals surface area contributed by atoms with Gasteiger partial charge in [-0.2, -0.15) is 0 Å². The van der Waals surface area contributed by atoms with Gasteiger partial charge in [0.1, 0.15) is 5.75 Å². The third kappa shape index (κ3) is 3.11. The predicted molar refractivity (Wildman–Crippen MR) is 97.2 cm³/mol. The van der Waals surface area contributed by atoms with Crippen LogP contribution in [0.4, 0.5) is 0 Å². The molecule has 2 nitrogen and oxygen atoms in total. The molecule has 0 radical (unpaired) electrons. The summed E-state index contributed by atoms with van der Waals surface area (Å²) < 4.78 is 6.38. The molecule has 2 aromatic rings. The lowest BCUT2D eigenvalue weighted by atomic mass is 9.83. The van der Waals surface area contributed by atoms with Gasteiger partial charge in [-0.1, -0.05) is 27.6 Å². The number of aryl methyl sites for hydroxylation is 2. The van der Waals surface area contributed by atoms with E-state index in [2.05, 4.69) is 28.9 Å². The maximum atomic E-state index is 12.9. The summed E-state index contributed by atoms with van der Waals surface area (Å²) >= 11 is 3.48. The molecule has 0 amide bonds. The first-order valence-corrected chi connectivity index (χ1v) is 8.48. The fourth-order valence-corrected chi connectivity index (χ4v) is 3.60. The first-order chi connectivity index (χ1) is 11.0. The van der Waals surface area contributed by atoms with Crippen LogP contribution < -0.4 is 4.74 Å².